The van der Waals surface area contributed by atoms with Gasteiger partial charge in [0.15, 0.2) is 0 Å². The molecule has 0 radical (unpaired) electrons. The fraction of sp³-hybridized carbons (Fsp3) is 0.700. The van der Waals surface area contributed by atoms with Crippen LogP contribution in [0.4, 0.5) is 0 Å². The highest BCUT2D eigenvalue weighted by Gasteiger charge is 2.30. The summed E-state index contributed by atoms with van der Waals surface area (Å²) in [6.07, 6.45) is 3.77. The molecule has 0 saturated heterocycles. The number of alkyl halides is 1. The number of allylic oxidation sites excluding steroid dienone is 2. The minimum Gasteiger partial charge on any atom is -0.122 e. The molecule has 0 aromatic rings. The molecular formula is C10H14Cl2S. The third-order valence-electron chi connectivity index (χ3n) is 2.66. The summed E-state index contributed by atoms with van der Waals surface area (Å²) in [6, 6.07) is 0. The number of hydrogen-bond donors (Lipinski definition) is 0. The molecule has 1 aliphatic carbocycles. The Bertz CT molecular complexity index is 235. The Labute approximate surface area is 95.3 Å². The molecule has 0 fully saturated rings. The standard InChI is InChI=1S/C10H14Cl2S/c1-3-6(2)10-8(12)4-7(11)5-9(10)13/h5-6,8,10H,3-4H2,1-2H3. The minimum absolute atomic E-state index is 0.0833. The van der Waals surface area contributed by atoms with Crippen molar-refractivity contribution in [3.63, 3.8) is 0 Å². The predicted molar refractivity (Wildman–Crippen MR) is 63.7 cm³/mol. The highest BCUT2D eigenvalue weighted by molar-refractivity contribution is 7.80. The van der Waals surface area contributed by atoms with E-state index in [9.17, 15) is 0 Å². The van der Waals surface area contributed by atoms with E-state index in [4.69, 9.17) is 35.4 Å². The Balaban J connectivity index is 2.80. The summed E-state index contributed by atoms with van der Waals surface area (Å²) in [5, 5.41) is 0.879. The van der Waals surface area contributed by atoms with Crippen LogP contribution < -0.4 is 0 Å². The van der Waals surface area contributed by atoms with Crippen molar-refractivity contribution < 1.29 is 0 Å². The van der Waals surface area contributed by atoms with Gasteiger partial charge in [-0.1, -0.05) is 44.1 Å². The van der Waals surface area contributed by atoms with Crippen molar-refractivity contribution >= 4 is 40.3 Å². The topological polar surface area (TPSA) is 0 Å². The third-order valence-corrected chi connectivity index (χ3v) is 3.74. The van der Waals surface area contributed by atoms with Crippen molar-refractivity contribution in [2.24, 2.45) is 11.8 Å². The highest BCUT2D eigenvalue weighted by Crippen LogP contribution is 2.34. The van der Waals surface area contributed by atoms with E-state index in [-0.39, 0.29) is 5.38 Å². The molecule has 0 nitrogen and oxygen atoms in total. The van der Waals surface area contributed by atoms with Gasteiger partial charge in [-0.2, -0.15) is 0 Å². The second-order valence-electron chi connectivity index (χ2n) is 3.63. The predicted octanol–water partition coefficient (Wildman–Crippen LogP) is 4.15. The molecule has 3 heteroatoms. The molecule has 0 aromatic heterocycles. The molecule has 0 bridgehead atoms. The van der Waals surface area contributed by atoms with Crippen LogP contribution in [0.25, 0.3) is 0 Å². The van der Waals surface area contributed by atoms with E-state index in [0.29, 0.717) is 11.8 Å². The van der Waals surface area contributed by atoms with Gasteiger partial charge in [-0.3, -0.25) is 0 Å². The van der Waals surface area contributed by atoms with Gasteiger partial charge < -0.3 is 0 Å². The van der Waals surface area contributed by atoms with Gasteiger partial charge in [-0.15, -0.1) is 11.6 Å². The average molecular weight is 237 g/mol. The Morgan fingerprint density at radius 3 is 2.77 bits per heavy atom. The summed E-state index contributed by atoms with van der Waals surface area (Å²) in [5.41, 5.74) is 0. The molecule has 3 atom stereocenters. The van der Waals surface area contributed by atoms with Gasteiger partial charge in [0.2, 0.25) is 0 Å². The second-order valence-corrected chi connectivity index (χ2v) is 5.14. The SMILES string of the molecule is CCC(C)C1C(=S)C=C(Cl)CC1Cl. The van der Waals surface area contributed by atoms with Gasteiger partial charge >= 0.3 is 0 Å². The van der Waals surface area contributed by atoms with E-state index in [1.807, 2.05) is 6.08 Å². The van der Waals surface area contributed by atoms with Crippen molar-refractivity contribution in [3.8, 4) is 0 Å². The maximum Gasteiger partial charge on any atom is 0.0464 e. The molecular weight excluding hydrogens is 223 g/mol. The smallest absolute Gasteiger partial charge is 0.0464 e. The summed E-state index contributed by atoms with van der Waals surface area (Å²) >= 11 is 17.4. The van der Waals surface area contributed by atoms with Crippen LogP contribution in [-0.4, -0.2) is 10.2 Å². The van der Waals surface area contributed by atoms with Crippen LogP contribution in [0.3, 0.4) is 0 Å². The summed E-state index contributed by atoms with van der Waals surface area (Å²) < 4.78 is 0. The maximum atomic E-state index is 6.23. The summed E-state index contributed by atoms with van der Waals surface area (Å²) in [7, 11) is 0. The number of thiocarbonyl (C=S) groups is 1. The van der Waals surface area contributed by atoms with Crippen LogP contribution in [0.2, 0.25) is 0 Å². The monoisotopic (exact) mass is 236 g/mol. The lowest BCUT2D eigenvalue weighted by Gasteiger charge is -2.30. The third kappa shape index (κ3) is 2.68. The largest absolute Gasteiger partial charge is 0.122 e. The zero-order valence-corrected chi connectivity index (χ0v) is 10.2. The van der Waals surface area contributed by atoms with Gasteiger partial charge in [0.25, 0.3) is 0 Å². The first-order valence-corrected chi connectivity index (χ1v) is 5.82. The first-order valence-electron chi connectivity index (χ1n) is 4.60. The Morgan fingerprint density at radius 2 is 2.31 bits per heavy atom. The second kappa shape index (κ2) is 4.77. The van der Waals surface area contributed by atoms with Crippen LogP contribution in [0.1, 0.15) is 26.7 Å². The van der Waals surface area contributed by atoms with E-state index in [2.05, 4.69) is 13.8 Å². The highest BCUT2D eigenvalue weighted by atomic mass is 35.5. The van der Waals surface area contributed by atoms with Crippen molar-refractivity contribution in [1.29, 1.82) is 0 Å². The lowest BCUT2D eigenvalue weighted by Crippen LogP contribution is -2.31. The van der Waals surface area contributed by atoms with Crippen LogP contribution in [0.5, 0.6) is 0 Å². The lowest BCUT2D eigenvalue weighted by molar-refractivity contribution is 0.424. The van der Waals surface area contributed by atoms with E-state index in [1.165, 1.54) is 0 Å². The fourth-order valence-corrected chi connectivity index (χ4v) is 3.28. The molecule has 13 heavy (non-hydrogen) atoms. The Kier molecular flexibility index (Phi) is 4.21. The molecule has 0 aromatic carbocycles. The van der Waals surface area contributed by atoms with Crippen LogP contribution in [0.15, 0.2) is 11.1 Å². The number of rotatable bonds is 2. The van der Waals surface area contributed by atoms with Gasteiger partial charge in [-0.05, 0) is 12.0 Å². The average Bonchev–Trinajstić information content (AvgIpc) is 2.02. The zero-order valence-electron chi connectivity index (χ0n) is 7.89. The molecule has 0 spiro atoms. The van der Waals surface area contributed by atoms with Crippen molar-refractivity contribution in [1.82, 2.24) is 0 Å². The van der Waals surface area contributed by atoms with Crippen LogP contribution >= 0.6 is 35.4 Å². The van der Waals surface area contributed by atoms with E-state index in [0.717, 1.165) is 22.7 Å². The molecule has 0 amide bonds. The zero-order chi connectivity index (χ0) is 10.0. The maximum absolute atomic E-state index is 6.23. The molecule has 0 aliphatic heterocycles. The van der Waals surface area contributed by atoms with Crippen LogP contribution in [0, 0.1) is 11.8 Å². The summed E-state index contributed by atoms with van der Waals surface area (Å²) in [6.45, 7) is 4.36. The lowest BCUT2D eigenvalue weighted by atomic mass is 9.82. The van der Waals surface area contributed by atoms with Gasteiger partial charge in [-0.25, -0.2) is 0 Å². The van der Waals surface area contributed by atoms with Crippen molar-refractivity contribution in [2.75, 3.05) is 0 Å². The fourth-order valence-electron chi connectivity index (χ4n) is 1.69. The molecule has 74 valence electrons. The molecule has 3 unspecified atom stereocenters. The summed E-state index contributed by atoms with van der Waals surface area (Å²) in [5.74, 6) is 0.875. The molecule has 0 N–H and O–H groups in total. The molecule has 1 rings (SSSR count). The van der Waals surface area contributed by atoms with Crippen LogP contribution in [-0.2, 0) is 0 Å². The number of hydrogen-bond acceptors (Lipinski definition) is 1. The first kappa shape index (κ1) is 11.5. The van der Waals surface area contributed by atoms with Gasteiger partial charge in [0.1, 0.15) is 0 Å². The van der Waals surface area contributed by atoms with Crippen molar-refractivity contribution in [2.45, 2.75) is 32.1 Å². The quantitative estimate of drug-likeness (QED) is 0.513. The Morgan fingerprint density at radius 1 is 1.69 bits per heavy atom. The molecule has 1 aliphatic rings. The Hall–Kier alpha value is 0.410. The van der Waals surface area contributed by atoms with Gasteiger partial charge in [0.05, 0.1) is 0 Å². The molecule has 0 heterocycles. The van der Waals surface area contributed by atoms with E-state index >= 15 is 0 Å². The first-order chi connectivity index (χ1) is 6.06. The molecule has 0 saturated carbocycles. The van der Waals surface area contributed by atoms with Crippen molar-refractivity contribution in [3.05, 3.63) is 11.1 Å². The van der Waals surface area contributed by atoms with Gasteiger partial charge in [0, 0.05) is 27.6 Å². The normalized spacial score (nSPS) is 31.4. The van der Waals surface area contributed by atoms with E-state index < -0.39 is 0 Å². The summed E-state index contributed by atoms with van der Waals surface area (Å²) in [4.78, 5) is 0.922. The number of halogens is 2. The minimum atomic E-state index is 0.0833. The van der Waals surface area contributed by atoms with E-state index in [1.54, 1.807) is 0 Å².